The molecule has 1 aromatic carbocycles. The van der Waals surface area contributed by atoms with Crippen LogP contribution in [-0.4, -0.2) is 12.3 Å². The van der Waals surface area contributed by atoms with Gasteiger partial charge in [0.15, 0.2) is 0 Å². The molecule has 1 nitrogen and oxygen atoms in total. The van der Waals surface area contributed by atoms with Gasteiger partial charge in [0.25, 0.3) is 0 Å². The Bertz CT molecular complexity index is 392. The van der Waals surface area contributed by atoms with Crippen LogP contribution >= 0.6 is 11.8 Å². The Morgan fingerprint density at radius 1 is 1.50 bits per heavy atom. The van der Waals surface area contributed by atoms with Crippen molar-refractivity contribution in [3.63, 3.8) is 0 Å². The van der Waals surface area contributed by atoms with E-state index in [2.05, 4.69) is 19.2 Å². The van der Waals surface area contributed by atoms with Crippen molar-refractivity contribution < 1.29 is 4.39 Å². The molecule has 3 heteroatoms. The third kappa shape index (κ3) is 1.87. The Morgan fingerprint density at radius 3 is 2.88 bits per heavy atom. The van der Waals surface area contributed by atoms with Crippen LogP contribution in [0.5, 0.6) is 0 Å². The van der Waals surface area contributed by atoms with Crippen LogP contribution in [0.2, 0.25) is 0 Å². The largest absolute Gasteiger partial charge is 0.312 e. The number of rotatable bonds is 2. The molecule has 2 unspecified atom stereocenters. The molecule has 0 fully saturated rings. The van der Waals surface area contributed by atoms with Crippen molar-refractivity contribution in [2.45, 2.75) is 37.3 Å². The minimum Gasteiger partial charge on any atom is -0.312 e. The summed E-state index contributed by atoms with van der Waals surface area (Å²) in [6.45, 7) is 4.23. The molecule has 0 spiro atoms. The van der Waals surface area contributed by atoms with Crippen LogP contribution in [0.1, 0.15) is 36.1 Å². The topological polar surface area (TPSA) is 12.0 Å². The molecular weight excluding hydrogens is 221 g/mol. The maximum absolute atomic E-state index is 13.9. The third-order valence-electron chi connectivity index (χ3n) is 3.38. The van der Waals surface area contributed by atoms with E-state index in [1.807, 2.05) is 24.9 Å². The zero-order chi connectivity index (χ0) is 11.7. The van der Waals surface area contributed by atoms with Crippen molar-refractivity contribution in [3.05, 3.63) is 34.6 Å². The molecule has 0 saturated carbocycles. The highest BCUT2D eigenvalue weighted by Gasteiger charge is 2.31. The van der Waals surface area contributed by atoms with E-state index >= 15 is 0 Å². The molecule has 1 aliphatic rings. The Morgan fingerprint density at radius 2 is 2.25 bits per heavy atom. The molecule has 0 bridgehead atoms. The van der Waals surface area contributed by atoms with Crippen molar-refractivity contribution in [1.29, 1.82) is 0 Å². The van der Waals surface area contributed by atoms with E-state index < -0.39 is 0 Å². The minimum absolute atomic E-state index is 0.0568. The van der Waals surface area contributed by atoms with Crippen LogP contribution in [-0.2, 0) is 5.75 Å². The monoisotopic (exact) mass is 239 g/mol. The summed E-state index contributed by atoms with van der Waals surface area (Å²) in [5, 5.41) is 3.75. The molecule has 0 radical (unpaired) electrons. The second-order valence-electron chi connectivity index (χ2n) is 4.28. The highest BCUT2D eigenvalue weighted by molar-refractivity contribution is 7.99. The lowest BCUT2D eigenvalue weighted by atomic mass is 9.93. The van der Waals surface area contributed by atoms with E-state index in [1.54, 1.807) is 6.07 Å². The van der Waals surface area contributed by atoms with Crippen molar-refractivity contribution in [2.24, 2.45) is 0 Å². The number of hydrogen-bond donors (Lipinski definition) is 1. The molecule has 0 saturated heterocycles. The predicted octanol–water partition coefficient (Wildman–Crippen LogP) is 3.42. The van der Waals surface area contributed by atoms with Gasteiger partial charge in [0, 0.05) is 22.6 Å². The fraction of sp³-hybridized carbons (Fsp3) is 0.538. The molecule has 0 aromatic heterocycles. The third-order valence-corrected chi connectivity index (χ3v) is 4.86. The van der Waals surface area contributed by atoms with Crippen molar-refractivity contribution in [1.82, 2.24) is 5.32 Å². The number of thioether (sulfide) groups is 1. The van der Waals surface area contributed by atoms with E-state index in [0.29, 0.717) is 5.25 Å². The van der Waals surface area contributed by atoms with Crippen LogP contribution in [0.3, 0.4) is 0 Å². The van der Waals surface area contributed by atoms with Gasteiger partial charge in [-0.1, -0.05) is 13.0 Å². The molecule has 88 valence electrons. The molecular formula is C13H18FNS. The summed E-state index contributed by atoms with van der Waals surface area (Å²) in [4.78, 5) is 0. The second kappa shape index (κ2) is 4.76. The summed E-state index contributed by atoms with van der Waals surface area (Å²) in [5.41, 5.74) is 3.29. The summed E-state index contributed by atoms with van der Waals surface area (Å²) in [6.07, 6.45) is 1.07. The van der Waals surface area contributed by atoms with E-state index in [0.717, 1.165) is 17.7 Å². The van der Waals surface area contributed by atoms with Crippen LogP contribution < -0.4 is 5.32 Å². The fourth-order valence-electron chi connectivity index (χ4n) is 2.43. The molecule has 0 amide bonds. The van der Waals surface area contributed by atoms with Gasteiger partial charge in [-0.15, -0.1) is 0 Å². The molecule has 0 aliphatic carbocycles. The van der Waals surface area contributed by atoms with Gasteiger partial charge in [-0.3, -0.25) is 0 Å². The molecule has 16 heavy (non-hydrogen) atoms. The first-order valence-electron chi connectivity index (χ1n) is 5.75. The highest BCUT2D eigenvalue weighted by atomic mass is 32.2. The Labute approximate surface area is 101 Å². The van der Waals surface area contributed by atoms with Gasteiger partial charge in [-0.2, -0.15) is 11.8 Å². The van der Waals surface area contributed by atoms with Crippen molar-refractivity contribution in [3.8, 4) is 0 Å². The van der Waals surface area contributed by atoms with Gasteiger partial charge in [-0.05, 0) is 37.6 Å². The van der Waals surface area contributed by atoms with Crippen molar-refractivity contribution in [2.75, 3.05) is 7.05 Å². The minimum atomic E-state index is -0.0568. The van der Waals surface area contributed by atoms with E-state index in [-0.39, 0.29) is 11.9 Å². The maximum Gasteiger partial charge on any atom is 0.128 e. The van der Waals surface area contributed by atoms with E-state index in [9.17, 15) is 4.39 Å². The average molecular weight is 239 g/mol. The Balaban J connectivity index is 2.51. The number of fused-ring (bicyclic) bond motifs is 1. The predicted molar refractivity (Wildman–Crippen MR) is 68.3 cm³/mol. The van der Waals surface area contributed by atoms with Gasteiger partial charge in [0.05, 0.1) is 0 Å². The number of halogens is 1. The Hall–Kier alpha value is -0.540. The molecule has 1 aromatic rings. The van der Waals surface area contributed by atoms with Crippen LogP contribution in [0, 0.1) is 12.7 Å². The summed E-state index contributed by atoms with van der Waals surface area (Å²) >= 11 is 1.93. The zero-order valence-corrected chi connectivity index (χ0v) is 10.8. The zero-order valence-electron chi connectivity index (χ0n) is 10.0. The molecule has 1 N–H and O–H groups in total. The first-order valence-corrected chi connectivity index (χ1v) is 6.80. The van der Waals surface area contributed by atoms with E-state index in [1.165, 1.54) is 11.1 Å². The van der Waals surface area contributed by atoms with Gasteiger partial charge in [-0.25, -0.2) is 4.39 Å². The lowest BCUT2D eigenvalue weighted by Gasteiger charge is -2.33. The second-order valence-corrected chi connectivity index (χ2v) is 5.51. The molecule has 2 atom stereocenters. The number of benzene rings is 1. The van der Waals surface area contributed by atoms with Crippen LogP contribution in [0.25, 0.3) is 0 Å². The van der Waals surface area contributed by atoms with Crippen molar-refractivity contribution >= 4 is 11.8 Å². The van der Waals surface area contributed by atoms with Gasteiger partial charge >= 0.3 is 0 Å². The lowest BCUT2D eigenvalue weighted by molar-refractivity contribution is 0.504. The number of hydrogen-bond acceptors (Lipinski definition) is 2. The summed E-state index contributed by atoms with van der Waals surface area (Å²) in [5.74, 6) is 0.883. The van der Waals surface area contributed by atoms with E-state index in [4.69, 9.17) is 0 Å². The highest BCUT2D eigenvalue weighted by Crippen LogP contribution is 2.41. The van der Waals surface area contributed by atoms with Gasteiger partial charge in [0.1, 0.15) is 5.82 Å². The summed E-state index contributed by atoms with van der Waals surface area (Å²) in [7, 11) is 1.92. The molecule has 2 rings (SSSR count). The smallest absolute Gasteiger partial charge is 0.128 e. The van der Waals surface area contributed by atoms with Gasteiger partial charge in [0.2, 0.25) is 0 Å². The summed E-state index contributed by atoms with van der Waals surface area (Å²) < 4.78 is 13.9. The summed E-state index contributed by atoms with van der Waals surface area (Å²) in [6, 6.07) is 3.63. The standard InChI is InChI=1S/C13H18FNS/c1-4-11-13(15-3)12-9(7-16-11)8(2)5-6-10(12)14/h5-6,11,13,15H,4,7H2,1-3H3. The average Bonchev–Trinajstić information content (AvgIpc) is 2.32. The fourth-order valence-corrected chi connectivity index (χ4v) is 3.89. The normalized spacial score (nSPS) is 24.2. The first kappa shape index (κ1) is 11.9. The Kier molecular flexibility index (Phi) is 3.55. The van der Waals surface area contributed by atoms with Crippen LogP contribution in [0.4, 0.5) is 4.39 Å². The quantitative estimate of drug-likeness (QED) is 0.848. The van der Waals surface area contributed by atoms with Gasteiger partial charge < -0.3 is 5.32 Å². The first-order chi connectivity index (χ1) is 7.69. The number of aryl methyl sites for hydroxylation is 1. The number of nitrogens with one attached hydrogen (secondary N) is 1. The molecule has 1 heterocycles. The SMILES string of the molecule is CCC1SCc2c(C)ccc(F)c2C1NC. The lowest BCUT2D eigenvalue weighted by Crippen LogP contribution is -2.32. The maximum atomic E-state index is 13.9. The molecule has 1 aliphatic heterocycles. The van der Waals surface area contributed by atoms with Crippen LogP contribution in [0.15, 0.2) is 12.1 Å².